The number of H-pyrrole nitrogens is 1. The van der Waals surface area contributed by atoms with E-state index in [0.717, 1.165) is 48.7 Å². The first-order valence-corrected chi connectivity index (χ1v) is 9.39. The molecule has 25 heavy (non-hydrogen) atoms. The van der Waals surface area contributed by atoms with Crippen molar-refractivity contribution in [2.24, 2.45) is 0 Å². The van der Waals surface area contributed by atoms with E-state index < -0.39 is 0 Å². The third-order valence-electron chi connectivity index (χ3n) is 5.62. The largest absolute Gasteiger partial charge is 0.328 e. The van der Waals surface area contributed by atoms with Gasteiger partial charge in [0.25, 0.3) is 5.91 Å². The van der Waals surface area contributed by atoms with Crippen LogP contribution in [0.25, 0.3) is 0 Å². The van der Waals surface area contributed by atoms with Gasteiger partial charge in [0, 0.05) is 12.2 Å². The van der Waals surface area contributed by atoms with Crippen molar-refractivity contribution in [1.82, 2.24) is 29.9 Å². The highest BCUT2D eigenvalue weighted by Crippen LogP contribution is 2.33. The minimum absolute atomic E-state index is 0.0413. The van der Waals surface area contributed by atoms with Gasteiger partial charge in [-0.25, -0.2) is 4.98 Å². The van der Waals surface area contributed by atoms with Gasteiger partial charge in [-0.3, -0.25) is 14.6 Å². The maximum Gasteiger partial charge on any atom is 0.257 e. The summed E-state index contributed by atoms with van der Waals surface area (Å²) in [5.41, 5.74) is 1.72. The Morgan fingerprint density at radius 2 is 1.92 bits per heavy atom. The lowest BCUT2D eigenvalue weighted by Gasteiger charge is -2.34. The van der Waals surface area contributed by atoms with Gasteiger partial charge in [0.15, 0.2) is 5.82 Å². The molecule has 0 aromatic carbocycles. The van der Waals surface area contributed by atoms with E-state index in [4.69, 9.17) is 0 Å². The average molecular weight is 342 g/mol. The number of nitrogens with zero attached hydrogens (tertiary/aromatic N) is 5. The number of carbonyl (C=O) groups is 1. The molecule has 0 radical (unpaired) electrons. The number of hydrogen-bond donors (Lipinski definition) is 1. The maximum atomic E-state index is 13.2. The summed E-state index contributed by atoms with van der Waals surface area (Å²) in [6.45, 7) is 4.67. The molecule has 3 heterocycles. The molecule has 1 unspecified atom stereocenters. The van der Waals surface area contributed by atoms with Crippen LogP contribution in [0.2, 0.25) is 0 Å². The van der Waals surface area contributed by atoms with Crippen LogP contribution < -0.4 is 0 Å². The van der Waals surface area contributed by atoms with Gasteiger partial charge >= 0.3 is 0 Å². The van der Waals surface area contributed by atoms with Crippen molar-refractivity contribution in [3.8, 4) is 0 Å². The molecule has 0 bridgehead atoms. The SMILES string of the molecule is Cc1nc(C2CCCCN2C(=O)c2cnn(C3CCCC3)c2C)n[nH]1. The van der Waals surface area contributed by atoms with Crippen molar-refractivity contribution >= 4 is 5.91 Å². The smallest absolute Gasteiger partial charge is 0.257 e. The second kappa shape index (κ2) is 6.61. The zero-order valence-electron chi connectivity index (χ0n) is 15.0. The van der Waals surface area contributed by atoms with Crippen LogP contribution in [0.5, 0.6) is 0 Å². The summed E-state index contributed by atoms with van der Waals surface area (Å²) < 4.78 is 2.07. The van der Waals surface area contributed by atoms with Crippen molar-refractivity contribution in [1.29, 1.82) is 0 Å². The summed E-state index contributed by atoms with van der Waals surface area (Å²) in [5.74, 6) is 1.58. The lowest BCUT2D eigenvalue weighted by Crippen LogP contribution is -2.39. The molecular weight excluding hydrogens is 316 g/mol. The number of aromatic nitrogens is 5. The zero-order valence-corrected chi connectivity index (χ0v) is 15.0. The number of piperidine rings is 1. The van der Waals surface area contributed by atoms with E-state index >= 15 is 0 Å². The van der Waals surface area contributed by atoms with Gasteiger partial charge in [-0.2, -0.15) is 10.2 Å². The fourth-order valence-electron chi connectivity index (χ4n) is 4.26. The van der Waals surface area contributed by atoms with Crippen molar-refractivity contribution in [3.63, 3.8) is 0 Å². The molecule has 1 amide bonds. The van der Waals surface area contributed by atoms with E-state index in [0.29, 0.717) is 6.04 Å². The zero-order chi connectivity index (χ0) is 17.4. The Morgan fingerprint density at radius 3 is 2.64 bits per heavy atom. The molecule has 1 N–H and O–H groups in total. The van der Waals surface area contributed by atoms with Crippen LogP contribution in [0.4, 0.5) is 0 Å². The van der Waals surface area contributed by atoms with Gasteiger partial charge in [0.05, 0.1) is 23.8 Å². The Kier molecular flexibility index (Phi) is 4.31. The standard InChI is InChI=1S/C18H26N6O/c1-12-15(11-19-24(12)14-7-3-4-8-14)18(25)23-10-6-5-9-16(23)17-20-13(2)21-22-17/h11,14,16H,3-10H2,1-2H3,(H,20,21,22). The Labute approximate surface area is 147 Å². The number of rotatable bonds is 3. The summed E-state index contributed by atoms with van der Waals surface area (Å²) in [5, 5.41) is 11.8. The van der Waals surface area contributed by atoms with E-state index in [1.54, 1.807) is 6.20 Å². The number of hydrogen-bond acceptors (Lipinski definition) is 4. The summed E-state index contributed by atoms with van der Waals surface area (Å²) in [4.78, 5) is 19.7. The first kappa shape index (κ1) is 16.3. The summed E-state index contributed by atoms with van der Waals surface area (Å²) in [6.07, 6.45) is 9.64. The molecule has 1 aliphatic carbocycles. The lowest BCUT2D eigenvalue weighted by atomic mass is 10.0. The fourth-order valence-corrected chi connectivity index (χ4v) is 4.26. The minimum atomic E-state index is -0.0413. The third kappa shape index (κ3) is 2.96. The van der Waals surface area contributed by atoms with Crippen LogP contribution in [0, 0.1) is 13.8 Å². The van der Waals surface area contributed by atoms with Crippen LogP contribution >= 0.6 is 0 Å². The summed E-state index contributed by atoms with van der Waals surface area (Å²) >= 11 is 0. The quantitative estimate of drug-likeness (QED) is 0.929. The normalized spacial score (nSPS) is 21.8. The van der Waals surface area contributed by atoms with Gasteiger partial charge in [-0.05, 0) is 46.0 Å². The van der Waals surface area contributed by atoms with Crippen LogP contribution in [-0.2, 0) is 0 Å². The van der Waals surface area contributed by atoms with Gasteiger partial charge in [-0.15, -0.1) is 0 Å². The van der Waals surface area contributed by atoms with Crippen LogP contribution in [0.15, 0.2) is 6.20 Å². The van der Waals surface area contributed by atoms with Crippen LogP contribution in [0.1, 0.15) is 84.7 Å². The van der Waals surface area contributed by atoms with E-state index in [-0.39, 0.29) is 11.9 Å². The number of carbonyl (C=O) groups excluding carboxylic acids is 1. The van der Waals surface area contributed by atoms with Gasteiger partial charge in [0.1, 0.15) is 5.82 Å². The van der Waals surface area contributed by atoms with E-state index in [1.807, 2.05) is 18.7 Å². The number of aromatic amines is 1. The highest BCUT2D eigenvalue weighted by atomic mass is 16.2. The number of nitrogens with one attached hydrogen (secondary N) is 1. The van der Waals surface area contributed by atoms with E-state index in [1.165, 1.54) is 25.7 Å². The Bertz CT molecular complexity index is 757. The Morgan fingerprint density at radius 1 is 1.16 bits per heavy atom. The van der Waals surface area contributed by atoms with Crippen LogP contribution in [-0.4, -0.2) is 42.3 Å². The molecule has 4 rings (SSSR count). The molecular formula is C18H26N6O. The van der Waals surface area contributed by atoms with Crippen molar-refractivity contribution in [3.05, 3.63) is 29.1 Å². The summed E-state index contributed by atoms with van der Waals surface area (Å²) in [7, 11) is 0. The molecule has 1 aliphatic heterocycles. The van der Waals surface area contributed by atoms with Crippen molar-refractivity contribution in [2.45, 2.75) is 70.9 Å². The molecule has 7 nitrogen and oxygen atoms in total. The molecule has 2 aromatic heterocycles. The first-order chi connectivity index (χ1) is 12.1. The number of aryl methyl sites for hydroxylation is 1. The maximum absolute atomic E-state index is 13.2. The molecule has 2 fully saturated rings. The summed E-state index contributed by atoms with van der Waals surface area (Å²) in [6, 6.07) is 0.412. The molecule has 7 heteroatoms. The first-order valence-electron chi connectivity index (χ1n) is 9.39. The molecule has 1 saturated carbocycles. The molecule has 2 aromatic rings. The molecule has 1 saturated heterocycles. The molecule has 1 atom stereocenters. The highest BCUT2D eigenvalue weighted by molar-refractivity contribution is 5.95. The molecule has 0 spiro atoms. The van der Waals surface area contributed by atoms with Crippen molar-refractivity contribution in [2.75, 3.05) is 6.54 Å². The highest BCUT2D eigenvalue weighted by Gasteiger charge is 2.33. The second-order valence-electron chi connectivity index (χ2n) is 7.32. The number of likely N-dealkylation sites (tertiary alicyclic amines) is 1. The monoisotopic (exact) mass is 342 g/mol. The third-order valence-corrected chi connectivity index (χ3v) is 5.62. The van der Waals surface area contributed by atoms with E-state index in [9.17, 15) is 4.79 Å². The predicted molar refractivity (Wildman–Crippen MR) is 93.2 cm³/mol. The Hall–Kier alpha value is -2.18. The van der Waals surface area contributed by atoms with Crippen LogP contribution in [0.3, 0.4) is 0 Å². The van der Waals surface area contributed by atoms with E-state index in [2.05, 4.69) is 25.0 Å². The fraction of sp³-hybridized carbons (Fsp3) is 0.667. The Balaban J connectivity index is 1.60. The number of amides is 1. The topological polar surface area (TPSA) is 79.7 Å². The average Bonchev–Trinajstić information content (AvgIpc) is 3.35. The lowest BCUT2D eigenvalue weighted by molar-refractivity contribution is 0.0599. The van der Waals surface area contributed by atoms with Gasteiger partial charge < -0.3 is 4.90 Å². The van der Waals surface area contributed by atoms with Gasteiger partial charge in [-0.1, -0.05) is 12.8 Å². The van der Waals surface area contributed by atoms with Crippen molar-refractivity contribution < 1.29 is 4.79 Å². The predicted octanol–water partition coefficient (Wildman–Crippen LogP) is 3.10. The van der Waals surface area contributed by atoms with Gasteiger partial charge in [0.2, 0.25) is 0 Å². The molecule has 134 valence electrons. The second-order valence-corrected chi connectivity index (χ2v) is 7.32. The minimum Gasteiger partial charge on any atom is -0.328 e. The molecule has 2 aliphatic rings.